The highest BCUT2D eigenvalue weighted by atomic mass is 35.5. The van der Waals surface area contributed by atoms with Crippen LogP contribution < -0.4 is 14.9 Å². The van der Waals surface area contributed by atoms with Gasteiger partial charge in [0.15, 0.2) is 6.61 Å². The van der Waals surface area contributed by atoms with Gasteiger partial charge in [0.1, 0.15) is 11.8 Å². The first-order valence-electron chi connectivity index (χ1n) is 14.3. The van der Waals surface area contributed by atoms with Crippen LogP contribution in [0.4, 0.5) is 5.69 Å². The summed E-state index contributed by atoms with van der Waals surface area (Å²) in [5.74, 6) is -4.12. The minimum atomic E-state index is -1.25. The number of hydrogen-bond acceptors (Lipinski definition) is 8. The van der Waals surface area contributed by atoms with E-state index in [1.807, 2.05) is 25.1 Å². The largest absolute Gasteiger partial charge is 0.483 e. The Morgan fingerprint density at radius 2 is 1.89 bits per heavy atom. The molecule has 2 saturated carbocycles. The Bertz CT molecular complexity index is 1790. The first kappa shape index (κ1) is 29.1. The highest BCUT2D eigenvalue weighted by Gasteiger charge is 2.70. The number of carboxylic acid groups (broad SMARTS) is 1. The molecule has 3 N–H and O–H groups in total. The van der Waals surface area contributed by atoms with Crippen LogP contribution >= 0.6 is 34.7 Å². The molecule has 0 radical (unpaired) electrons. The summed E-state index contributed by atoms with van der Waals surface area (Å²) in [6.45, 7) is 3.03. The number of carbonyl (C=O) groups is 4. The number of likely N-dealkylation sites (tertiary alicyclic amines) is 1. The number of H-pyrrole nitrogens is 1. The number of aryl methyl sites for hydroxylation is 1. The van der Waals surface area contributed by atoms with Gasteiger partial charge < -0.3 is 20.1 Å². The molecule has 0 spiro atoms. The summed E-state index contributed by atoms with van der Waals surface area (Å²) in [4.78, 5) is 68.9. The molecule has 3 aromatic rings. The van der Waals surface area contributed by atoms with Crippen LogP contribution in [-0.2, 0) is 19.2 Å². The van der Waals surface area contributed by atoms with E-state index in [0.29, 0.717) is 33.5 Å². The molecule has 3 amide bonds. The first-order chi connectivity index (χ1) is 21.0. The maximum Gasteiger partial charge on any atom is 0.326 e. The van der Waals surface area contributed by atoms with Crippen molar-refractivity contribution in [3.05, 3.63) is 73.2 Å². The number of aliphatic carboxylic acids is 1. The summed E-state index contributed by atoms with van der Waals surface area (Å²) >= 11 is 9.15. The van der Waals surface area contributed by atoms with Gasteiger partial charge in [0, 0.05) is 32.3 Å². The van der Waals surface area contributed by atoms with Gasteiger partial charge in [-0.2, -0.15) is 0 Å². The topological polar surface area (TPSA) is 146 Å². The van der Waals surface area contributed by atoms with Crippen molar-refractivity contribution in [2.75, 3.05) is 11.9 Å². The van der Waals surface area contributed by atoms with Crippen molar-refractivity contribution >= 4 is 64.1 Å². The Balaban J connectivity index is 1.24. The second-order valence-electron chi connectivity index (χ2n) is 11.9. The minimum absolute atomic E-state index is 0.0997. The van der Waals surface area contributed by atoms with Crippen molar-refractivity contribution in [3.63, 3.8) is 0 Å². The lowest BCUT2D eigenvalue weighted by molar-refractivity contribution is -0.154. The predicted octanol–water partition coefficient (Wildman–Crippen LogP) is 4.36. The molecule has 1 saturated heterocycles. The van der Waals surface area contributed by atoms with Crippen molar-refractivity contribution in [2.45, 2.75) is 42.5 Å². The van der Waals surface area contributed by atoms with Crippen LogP contribution in [0.2, 0.25) is 5.02 Å². The standard InChI is InChI=1S/C31H28ClN3O7S2/c1-12-4-3-5-15(8-12)33-20(36)11-42-19-7-6-14(32)9-16(19)21-22-17-10-18(25(22)43-27-26(21)44-31(41)34-27)24-23(17)28(37)35(29(24)38)13(2)30(39)40/h3-9,13,17-18,21-25H,10-11H2,1-2H3,(H,33,36)(H,34,41)(H,39,40)/t13?,17?,18?,21-,22?,23?,24?,25?/m1/s1. The third kappa shape index (κ3) is 4.57. The molecule has 7 unspecified atom stereocenters. The summed E-state index contributed by atoms with van der Waals surface area (Å²) in [5.41, 5.74) is 2.36. The molecule has 2 bridgehead atoms. The van der Waals surface area contributed by atoms with E-state index in [4.69, 9.17) is 16.3 Å². The van der Waals surface area contributed by atoms with Gasteiger partial charge >= 0.3 is 10.8 Å². The summed E-state index contributed by atoms with van der Waals surface area (Å²) in [7, 11) is 0. The van der Waals surface area contributed by atoms with Crippen LogP contribution in [0.1, 0.15) is 35.3 Å². The molecule has 4 aliphatic rings. The molecular formula is C31H28ClN3O7S2. The van der Waals surface area contributed by atoms with E-state index in [-0.39, 0.29) is 40.4 Å². The Morgan fingerprint density at radius 1 is 1.14 bits per heavy atom. The number of benzene rings is 2. The number of nitrogens with one attached hydrogen (secondary N) is 2. The zero-order valence-electron chi connectivity index (χ0n) is 23.6. The molecule has 44 heavy (non-hydrogen) atoms. The van der Waals surface area contributed by atoms with Gasteiger partial charge in [-0.15, -0.1) is 11.8 Å². The Kier molecular flexibility index (Phi) is 7.13. The number of amides is 3. The molecule has 13 heteroatoms. The molecule has 10 nitrogen and oxygen atoms in total. The van der Waals surface area contributed by atoms with Crippen molar-refractivity contribution in [3.8, 4) is 5.75 Å². The number of nitrogens with zero attached hydrogens (tertiary/aromatic N) is 1. The van der Waals surface area contributed by atoms with Crippen LogP contribution in [0.3, 0.4) is 0 Å². The number of halogens is 1. The van der Waals surface area contributed by atoms with E-state index in [0.717, 1.165) is 26.7 Å². The van der Waals surface area contributed by atoms with Gasteiger partial charge in [-0.1, -0.05) is 35.1 Å². The number of rotatable bonds is 7. The molecule has 2 aromatic carbocycles. The molecule has 2 aliphatic heterocycles. The van der Waals surface area contributed by atoms with Crippen LogP contribution in [0, 0.1) is 36.5 Å². The highest BCUT2D eigenvalue weighted by molar-refractivity contribution is 8.00. The van der Waals surface area contributed by atoms with Gasteiger partial charge in [-0.05, 0) is 73.9 Å². The fourth-order valence-electron chi connectivity index (χ4n) is 7.84. The SMILES string of the molecule is Cc1cccc(NC(=O)COc2ccc(Cl)cc2[C@H]2c3sc(=O)[nH]c3SC3C4CC(C5C(=O)N(C(C)C(=O)O)C(=O)C45)C32)c1. The van der Waals surface area contributed by atoms with Crippen molar-refractivity contribution in [2.24, 2.45) is 29.6 Å². The Morgan fingerprint density at radius 3 is 2.61 bits per heavy atom. The number of hydrogen-bond donors (Lipinski definition) is 3. The van der Waals surface area contributed by atoms with E-state index in [9.17, 15) is 29.1 Å². The Hall–Kier alpha value is -3.61. The third-order valence-corrected chi connectivity index (χ3v) is 12.3. The number of anilines is 1. The lowest BCUT2D eigenvalue weighted by Crippen LogP contribution is -2.44. The lowest BCUT2D eigenvalue weighted by atomic mass is 9.68. The Labute approximate surface area is 265 Å². The third-order valence-electron chi connectivity index (χ3n) is 9.47. The number of ether oxygens (including phenoxy) is 1. The summed E-state index contributed by atoms with van der Waals surface area (Å²) in [6, 6.07) is 11.4. The van der Waals surface area contributed by atoms with Crippen LogP contribution in [-0.4, -0.2) is 56.6 Å². The van der Waals surface area contributed by atoms with Gasteiger partial charge in [0.05, 0.1) is 16.9 Å². The highest BCUT2D eigenvalue weighted by Crippen LogP contribution is 2.69. The van der Waals surface area contributed by atoms with E-state index >= 15 is 0 Å². The predicted molar refractivity (Wildman–Crippen MR) is 164 cm³/mol. The van der Waals surface area contributed by atoms with Crippen molar-refractivity contribution < 1.29 is 29.0 Å². The van der Waals surface area contributed by atoms with Crippen molar-refractivity contribution in [1.29, 1.82) is 0 Å². The van der Waals surface area contributed by atoms with Crippen LogP contribution in [0.15, 0.2) is 52.3 Å². The number of aromatic nitrogens is 1. The second kappa shape index (κ2) is 10.8. The average molecular weight is 654 g/mol. The molecule has 2 aliphatic carbocycles. The molecule has 3 heterocycles. The van der Waals surface area contributed by atoms with Gasteiger partial charge in [0.25, 0.3) is 5.91 Å². The minimum Gasteiger partial charge on any atom is -0.483 e. The fourth-order valence-corrected chi connectivity index (χ4v) is 10.9. The zero-order chi connectivity index (χ0) is 31.0. The van der Waals surface area contributed by atoms with Crippen molar-refractivity contribution in [1.82, 2.24) is 9.88 Å². The van der Waals surface area contributed by atoms with E-state index in [1.165, 1.54) is 18.7 Å². The fraction of sp³-hybridized carbons (Fsp3) is 0.387. The number of carbonyl (C=O) groups excluding carboxylic acids is 3. The number of imide groups is 1. The summed E-state index contributed by atoms with van der Waals surface area (Å²) < 4.78 is 6.10. The maximum atomic E-state index is 13.7. The van der Waals surface area contributed by atoms with E-state index in [2.05, 4.69) is 10.3 Å². The summed E-state index contributed by atoms with van der Waals surface area (Å²) in [6.07, 6.45) is 0.649. The zero-order valence-corrected chi connectivity index (χ0v) is 26.0. The normalized spacial score (nSPS) is 28.8. The number of fused-ring (bicyclic) bond motifs is 9. The summed E-state index contributed by atoms with van der Waals surface area (Å²) in [5, 5.41) is 13.5. The second-order valence-corrected chi connectivity index (χ2v) is 14.5. The average Bonchev–Trinajstić information content (AvgIpc) is 3.70. The lowest BCUT2D eigenvalue weighted by Gasteiger charge is -2.43. The van der Waals surface area contributed by atoms with Crippen LogP contribution in [0.5, 0.6) is 5.75 Å². The van der Waals surface area contributed by atoms with Gasteiger partial charge in [-0.25, -0.2) is 4.79 Å². The number of carboxylic acids is 1. The molecule has 7 rings (SSSR count). The molecule has 3 fully saturated rings. The van der Waals surface area contributed by atoms with E-state index < -0.39 is 41.6 Å². The smallest absolute Gasteiger partial charge is 0.326 e. The number of thioether (sulfide) groups is 1. The quantitative estimate of drug-likeness (QED) is 0.319. The maximum absolute atomic E-state index is 13.7. The van der Waals surface area contributed by atoms with Gasteiger partial charge in [-0.3, -0.25) is 24.1 Å². The van der Waals surface area contributed by atoms with Crippen LogP contribution in [0.25, 0.3) is 0 Å². The monoisotopic (exact) mass is 653 g/mol. The van der Waals surface area contributed by atoms with Gasteiger partial charge in [0.2, 0.25) is 11.8 Å². The molecule has 8 atom stereocenters. The first-order valence-corrected chi connectivity index (χ1v) is 16.4. The van der Waals surface area contributed by atoms with E-state index in [1.54, 1.807) is 24.3 Å². The number of thiazole rings is 1. The molecule has 1 aromatic heterocycles. The number of aromatic amines is 1. The molecular weight excluding hydrogens is 626 g/mol. The molecule has 228 valence electrons.